The Labute approximate surface area is 218 Å². The first-order chi connectivity index (χ1) is 17.9. The lowest BCUT2D eigenvalue weighted by atomic mass is 9.94. The van der Waals surface area contributed by atoms with Crippen LogP contribution in [-0.4, -0.2) is 79.2 Å². The Kier molecular flexibility index (Phi) is 8.84. The summed E-state index contributed by atoms with van der Waals surface area (Å²) in [4.78, 5) is 30.5. The van der Waals surface area contributed by atoms with Crippen LogP contribution in [0.25, 0.3) is 5.76 Å². The van der Waals surface area contributed by atoms with Crippen LogP contribution in [0.2, 0.25) is 0 Å². The number of hydrogen-bond acceptors (Lipinski definition) is 7. The van der Waals surface area contributed by atoms with Crippen molar-refractivity contribution in [3.05, 3.63) is 64.7 Å². The lowest BCUT2D eigenvalue weighted by molar-refractivity contribution is -0.140. The highest BCUT2D eigenvalue weighted by molar-refractivity contribution is 6.46. The van der Waals surface area contributed by atoms with E-state index in [-0.39, 0.29) is 11.3 Å². The number of ketones is 1. The van der Waals surface area contributed by atoms with Crippen molar-refractivity contribution in [1.29, 1.82) is 0 Å². The maximum absolute atomic E-state index is 13.3. The van der Waals surface area contributed by atoms with Gasteiger partial charge in [-0.2, -0.15) is 0 Å². The molecular weight excluding hydrogens is 472 g/mol. The van der Waals surface area contributed by atoms with Gasteiger partial charge < -0.3 is 24.2 Å². The molecule has 1 N–H and O–H groups in total. The number of carbonyl (C=O) groups excluding carboxylic acids is 2. The first-order valence-electron chi connectivity index (χ1n) is 13.0. The van der Waals surface area contributed by atoms with Crippen molar-refractivity contribution in [3.8, 4) is 11.5 Å². The summed E-state index contributed by atoms with van der Waals surface area (Å²) in [5, 5.41) is 11.3. The molecule has 8 nitrogen and oxygen atoms in total. The van der Waals surface area contributed by atoms with E-state index in [2.05, 4.69) is 4.90 Å². The Hall–Kier alpha value is -3.36. The predicted molar refractivity (Wildman–Crippen MR) is 141 cm³/mol. The highest BCUT2D eigenvalue weighted by atomic mass is 16.5. The van der Waals surface area contributed by atoms with Crippen LogP contribution in [0.3, 0.4) is 0 Å². The van der Waals surface area contributed by atoms with Crippen molar-refractivity contribution in [3.63, 3.8) is 0 Å². The fourth-order valence-corrected chi connectivity index (χ4v) is 4.85. The van der Waals surface area contributed by atoms with Crippen LogP contribution in [-0.2, 0) is 14.3 Å². The van der Waals surface area contributed by atoms with Gasteiger partial charge >= 0.3 is 0 Å². The number of rotatable bonds is 10. The number of aliphatic hydroxyl groups is 1. The number of ether oxygens (including phenoxy) is 3. The first kappa shape index (κ1) is 26.7. The van der Waals surface area contributed by atoms with E-state index in [4.69, 9.17) is 14.2 Å². The smallest absolute Gasteiger partial charge is 0.295 e. The molecule has 0 radical (unpaired) electrons. The van der Waals surface area contributed by atoms with E-state index in [0.29, 0.717) is 62.0 Å². The van der Waals surface area contributed by atoms with E-state index in [1.165, 1.54) is 0 Å². The van der Waals surface area contributed by atoms with Gasteiger partial charge in [0.15, 0.2) is 11.5 Å². The van der Waals surface area contributed by atoms with Gasteiger partial charge in [0.2, 0.25) is 0 Å². The molecule has 0 bridgehead atoms. The third kappa shape index (κ3) is 5.97. The zero-order chi connectivity index (χ0) is 26.4. The van der Waals surface area contributed by atoms with Crippen LogP contribution in [0.5, 0.6) is 11.5 Å². The molecule has 0 saturated carbocycles. The molecule has 0 aromatic heterocycles. The number of Topliss-reactive ketones (excluding diaryl/α,β-unsaturated/α-hetero) is 1. The van der Waals surface area contributed by atoms with E-state index < -0.39 is 17.7 Å². The molecule has 2 fully saturated rings. The molecule has 1 atom stereocenters. The molecule has 2 aromatic rings. The number of morpholine rings is 1. The van der Waals surface area contributed by atoms with Crippen LogP contribution in [0.4, 0.5) is 0 Å². The summed E-state index contributed by atoms with van der Waals surface area (Å²) in [6.45, 7) is 10.9. The van der Waals surface area contributed by atoms with Crippen LogP contribution >= 0.6 is 0 Å². The summed E-state index contributed by atoms with van der Waals surface area (Å²) < 4.78 is 17.0. The Morgan fingerprint density at radius 3 is 2.32 bits per heavy atom. The van der Waals surface area contributed by atoms with Gasteiger partial charge in [-0.05, 0) is 44.9 Å². The average molecular weight is 509 g/mol. The van der Waals surface area contributed by atoms with Gasteiger partial charge in [-0.3, -0.25) is 14.5 Å². The van der Waals surface area contributed by atoms with E-state index in [0.717, 1.165) is 25.2 Å². The fourth-order valence-electron chi connectivity index (χ4n) is 4.85. The van der Waals surface area contributed by atoms with Crippen LogP contribution in [0.15, 0.2) is 48.0 Å². The number of carbonyl (C=O) groups is 2. The molecule has 0 aliphatic carbocycles. The second kappa shape index (κ2) is 12.3. The van der Waals surface area contributed by atoms with Crippen molar-refractivity contribution >= 4 is 17.4 Å². The minimum Gasteiger partial charge on any atom is -0.507 e. The van der Waals surface area contributed by atoms with Gasteiger partial charge in [-0.15, -0.1) is 0 Å². The third-order valence-electron chi connectivity index (χ3n) is 6.73. The van der Waals surface area contributed by atoms with Crippen LogP contribution in [0, 0.1) is 6.92 Å². The molecule has 1 amide bonds. The van der Waals surface area contributed by atoms with Crippen molar-refractivity contribution in [1.82, 2.24) is 9.80 Å². The fraction of sp³-hybridized carbons (Fsp3) is 0.448. The van der Waals surface area contributed by atoms with Crippen molar-refractivity contribution in [2.45, 2.75) is 33.2 Å². The SMILES string of the molecule is CCOc1ccc([C@@H]2/C(=C(\O)c3ccc(C)cc3)C(=O)C(=O)N2CCCN2CCOCC2)cc1OCC. The second-order valence-corrected chi connectivity index (χ2v) is 9.24. The van der Waals surface area contributed by atoms with Gasteiger partial charge in [-0.1, -0.05) is 35.9 Å². The summed E-state index contributed by atoms with van der Waals surface area (Å²) in [6.07, 6.45) is 0.698. The summed E-state index contributed by atoms with van der Waals surface area (Å²) in [7, 11) is 0. The summed E-state index contributed by atoms with van der Waals surface area (Å²) >= 11 is 0. The number of benzene rings is 2. The zero-order valence-electron chi connectivity index (χ0n) is 21.9. The number of hydrogen-bond donors (Lipinski definition) is 1. The van der Waals surface area contributed by atoms with Crippen LogP contribution in [0.1, 0.15) is 43.0 Å². The molecule has 2 aliphatic heterocycles. The average Bonchev–Trinajstić information content (AvgIpc) is 3.16. The molecule has 4 rings (SSSR count). The summed E-state index contributed by atoms with van der Waals surface area (Å²) in [5.74, 6) is -0.327. The molecule has 8 heteroatoms. The van der Waals surface area contributed by atoms with E-state index >= 15 is 0 Å². The third-order valence-corrected chi connectivity index (χ3v) is 6.73. The van der Waals surface area contributed by atoms with Gasteiger partial charge in [0.05, 0.1) is 38.0 Å². The molecular formula is C29H36N2O6. The monoisotopic (exact) mass is 508 g/mol. The minimum atomic E-state index is -0.735. The first-order valence-corrected chi connectivity index (χ1v) is 13.0. The topological polar surface area (TPSA) is 88.5 Å². The molecule has 37 heavy (non-hydrogen) atoms. The quantitative estimate of drug-likeness (QED) is 0.295. The maximum atomic E-state index is 13.3. The lowest BCUT2D eigenvalue weighted by Crippen LogP contribution is -2.39. The molecule has 2 heterocycles. The van der Waals surface area contributed by atoms with E-state index in [1.807, 2.05) is 45.0 Å². The Balaban J connectivity index is 1.72. The van der Waals surface area contributed by atoms with Crippen molar-refractivity contribution in [2.24, 2.45) is 0 Å². The predicted octanol–water partition coefficient (Wildman–Crippen LogP) is 3.94. The normalized spacial score (nSPS) is 19.9. The minimum absolute atomic E-state index is 0.0897. The van der Waals surface area contributed by atoms with Gasteiger partial charge in [-0.25, -0.2) is 0 Å². The zero-order valence-corrected chi connectivity index (χ0v) is 21.9. The van der Waals surface area contributed by atoms with E-state index in [1.54, 1.807) is 23.1 Å². The number of likely N-dealkylation sites (tertiary alicyclic amines) is 1. The summed E-state index contributed by atoms with van der Waals surface area (Å²) in [5.41, 5.74) is 2.31. The van der Waals surface area contributed by atoms with Crippen LogP contribution < -0.4 is 9.47 Å². The van der Waals surface area contributed by atoms with Gasteiger partial charge in [0.1, 0.15) is 5.76 Å². The molecule has 0 spiro atoms. The molecule has 2 aliphatic rings. The number of aliphatic hydroxyl groups excluding tert-OH is 1. The standard InChI is InChI=1S/C29H36N2O6/c1-4-36-23-12-11-22(19-24(23)37-5-2)26-25(27(32)21-9-7-20(3)8-10-21)28(33)29(34)31(26)14-6-13-30-15-17-35-18-16-30/h7-12,19,26,32H,4-6,13-18H2,1-3H3/b27-25+/t26-/m1/s1. The summed E-state index contributed by atoms with van der Waals surface area (Å²) in [6, 6.07) is 12.0. The van der Waals surface area contributed by atoms with Crippen molar-refractivity contribution in [2.75, 3.05) is 52.6 Å². The van der Waals surface area contributed by atoms with Gasteiger partial charge in [0.25, 0.3) is 11.7 Å². The number of nitrogens with zero attached hydrogens (tertiary/aromatic N) is 2. The molecule has 2 aromatic carbocycles. The molecule has 2 saturated heterocycles. The highest BCUT2D eigenvalue weighted by Gasteiger charge is 2.46. The highest BCUT2D eigenvalue weighted by Crippen LogP contribution is 2.42. The maximum Gasteiger partial charge on any atom is 0.295 e. The Morgan fingerprint density at radius 2 is 1.65 bits per heavy atom. The number of amides is 1. The number of aryl methyl sites for hydroxylation is 1. The lowest BCUT2D eigenvalue weighted by Gasteiger charge is -2.29. The second-order valence-electron chi connectivity index (χ2n) is 9.24. The largest absolute Gasteiger partial charge is 0.507 e. The Morgan fingerprint density at radius 1 is 0.973 bits per heavy atom. The van der Waals surface area contributed by atoms with Gasteiger partial charge in [0, 0.05) is 31.7 Å². The Bertz CT molecular complexity index is 1140. The van der Waals surface area contributed by atoms with Crippen molar-refractivity contribution < 1.29 is 28.9 Å². The van der Waals surface area contributed by atoms with E-state index in [9.17, 15) is 14.7 Å². The molecule has 198 valence electrons. The molecule has 0 unspecified atom stereocenters.